The maximum Gasteiger partial charge on any atom is 0.119 e. The van der Waals surface area contributed by atoms with Gasteiger partial charge in [0.1, 0.15) is 24.2 Å². The van der Waals surface area contributed by atoms with E-state index in [0.29, 0.717) is 5.75 Å². The van der Waals surface area contributed by atoms with Crippen molar-refractivity contribution < 1.29 is 29.9 Å². The van der Waals surface area contributed by atoms with Crippen LogP contribution in [0.25, 0.3) is 11.1 Å². The van der Waals surface area contributed by atoms with Crippen LogP contribution in [-0.2, 0) is 0 Å². The van der Waals surface area contributed by atoms with Crippen molar-refractivity contribution in [2.24, 2.45) is 5.92 Å². The van der Waals surface area contributed by atoms with E-state index >= 15 is 0 Å². The summed E-state index contributed by atoms with van der Waals surface area (Å²) >= 11 is 0. The summed E-state index contributed by atoms with van der Waals surface area (Å²) in [5.41, 5.74) is 2.17. The molecular weight excluding hydrogens is 444 g/mol. The van der Waals surface area contributed by atoms with E-state index in [2.05, 4.69) is 12.1 Å². The number of aliphatic hydroxyl groups excluding tert-OH is 4. The summed E-state index contributed by atoms with van der Waals surface area (Å²) in [6.07, 6.45) is 10.9. The maximum absolute atomic E-state index is 9.36. The van der Waals surface area contributed by atoms with Crippen LogP contribution in [-0.4, -0.2) is 59.6 Å². The predicted octanol–water partition coefficient (Wildman–Crippen LogP) is 4.97. The first-order valence-electron chi connectivity index (χ1n) is 13.1. The van der Waals surface area contributed by atoms with Crippen LogP contribution >= 0.6 is 0 Å². The lowest BCUT2D eigenvalue weighted by Gasteiger charge is -2.11. The van der Waals surface area contributed by atoms with E-state index < -0.39 is 6.10 Å². The third-order valence-corrected chi connectivity index (χ3v) is 6.24. The van der Waals surface area contributed by atoms with Gasteiger partial charge in [-0.2, -0.15) is 0 Å². The molecule has 0 saturated heterocycles. The van der Waals surface area contributed by atoms with Crippen LogP contribution in [0.4, 0.5) is 0 Å². The smallest absolute Gasteiger partial charge is 0.119 e. The van der Waals surface area contributed by atoms with Crippen molar-refractivity contribution in [3.05, 3.63) is 48.5 Å². The summed E-state index contributed by atoms with van der Waals surface area (Å²) in [6.45, 7) is 0.687. The molecular formula is C29H44O6. The number of hydrogen-bond acceptors (Lipinski definition) is 6. The SMILES string of the molecule is OCC(O)COc1ccc(-c2ccc(OCCCCCCCCCCCC(CO)CO)cc2)cc1. The summed E-state index contributed by atoms with van der Waals surface area (Å²) in [6, 6.07) is 15.8. The molecule has 0 bridgehead atoms. The van der Waals surface area contributed by atoms with E-state index in [1.165, 1.54) is 44.9 Å². The van der Waals surface area contributed by atoms with Gasteiger partial charge >= 0.3 is 0 Å². The minimum Gasteiger partial charge on any atom is -0.494 e. The second kappa shape index (κ2) is 18.2. The average molecular weight is 489 g/mol. The molecule has 2 rings (SSSR count). The van der Waals surface area contributed by atoms with E-state index in [-0.39, 0.29) is 32.3 Å². The summed E-state index contributed by atoms with van der Waals surface area (Å²) < 4.78 is 11.3. The van der Waals surface area contributed by atoms with E-state index in [1.807, 2.05) is 36.4 Å². The molecule has 2 aromatic carbocycles. The van der Waals surface area contributed by atoms with Crippen molar-refractivity contribution in [3.63, 3.8) is 0 Å². The fourth-order valence-electron chi connectivity index (χ4n) is 3.94. The van der Waals surface area contributed by atoms with Gasteiger partial charge in [-0.25, -0.2) is 0 Å². The molecule has 6 nitrogen and oxygen atoms in total. The topological polar surface area (TPSA) is 99.4 Å². The second-order valence-corrected chi connectivity index (χ2v) is 9.25. The molecule has 0 radical (unpaired) electrons. The van der Waals surface area contributed by atoms with Gasteiger partial charge in [-0.3, -0.25) is 0 Å². The highest BCUT2D eigenvalue weighted by Crippen LogP contribution is 2.25. The molecule has 0 heterocycles. The molecule has 35 heavy (non-hydrogen) atoms. The van der Waals surface area contributed by atoms with Crippen molar-refractivity contribution >= 4 is 0 Å². The Balaban J connectivity index is 1.51. The molecule has 0 fully saturated rings. The van der Waals surface area contributed by atoms with Gasteiger partial charge in [0, 0.05) is 19.1 Å². The summed E-state index contributed by atoms with van der Waals surface area (Å²) in [5.74, 6) is 1.61. The lowest BCUT2D eigenvalue weighted by Crippen LogP contribution is -2.21. The number of unbranched alkanes of at least 4 members (excludes halogenated alkanes) is 8. The molecule has 4 N–H and O–H groups in total. The standard InChI is InChI=1S/C29H44O6/c30-20-24(21-31)10-8-6-4-2-1-3-5-7-9-19-34-28-15-11-25(12-16-28)26-13-17-29(18-14-26)35-23-27(33)22-32/h11-18,24,27,30-33H,1-10,19-23H2. The molecule has 0 aliphatic rings. The number of aliphatic hydroxyl groups is 4. The summed E-state index contributed by atoms with van der Waals surface area (Å²) in [4.78, 5) is 0. The normalized spacial score (nSPS) is 12.1. The number of hydrogen-bond donors (Lipinski definition) is 4. The first-order chi connectivity index (χ1) is 17.2. The van der Waals surface area contributed by atoms with Crippen molar-refractivity contribution in [3.8, 4) is 22.6 Å². The Morgan fingerprint density at radius 1 is 0.543 bits per heavy atom. The number of benzene rings is 2. The Bertz CT molecular complexity index is 758. The largest absolute Gasteiger partial charge is 0.494 e. The summed E-state index contributed by atoms with van der Waals surface area (Å²) in [7, 11) is 0. The zero-order valence-corrected chi connectivity index (χ0v) is 21.0. The van der Waals surface area contributed by atoms with Crippen molar-refractivity contribution in [1.82, 2.24) is 0 Å². The van der Waals surface area contributed by atoms with Gasteiger partial charge in [0.05, 0.1) is 13.2 Å². The first kappa shape index (κ1) is 29.1. The first-order valence-corrected chi connectivity index (χ1v) is 13.1. The van der Waals surface area contributed by atoms with Crippen LogP contribution in [0.15, 0.2) is 48.5 Å². The number of ether oxygens (including phenoxy) is 2. The second-order valence-electron chi connectivity index (χ2n) is 9.25. The molecule has 196 valence electrons. The summed E-state index contributed by atoms with van der Waals surface area (Å²) in [5, 5.41) is 36.3. The fourth-order valence-corrected chi connectivity index (χ4v) is 3.94. The van der Waals surface area contributed by atoms with Gasteiger partial charge in [0.15, 0.2) is 0 Å². The fraction of sp³-hybridized carbons (Fsp3) is 0.586. The third kappa shape index (κ3) is 12.4. The highest BCUT2D eigenvalue weighted by molar-refractivity contribution is 5.64. The maximum atomic E-state index is 9.36. The Kier molecular flexibility index (Phi) is 15.1. The highest BCUT2D eigenvalue weighted by atomic mass is 16.5. The molecule has 1 atom stereocenters. The van der Waals surface area contributed by atoms with Crippen molar-refractivity contribution in [2.45, 2.75) is 70.3 Å². The Morgan fingerprint density at radius 2 is 1.00 bits per heavy atom. The van der Waals surface area contributed by atoms with E-state index in [0.717, 1.165) is 42.7 Å². The molecule has 0 aliphatic heterocycles. The zero-order valence-electron chi connectivity index (χ0n) is 21.0. The van der Waals surface area contributed by atoms with Gasteiger partial charge in [0.2, 0.25) is 0 Å². The van der Waals surface area contributed by atoms with Crippen LogP contribution in [0.2, 0.25) is 0 Å². The van der Waals surface area contributed by atoms with E-state index in [9.17, 15) is 5.11 Å². The molecule has 0 amide bonds. The van der Waals surface area contributed by atoms with Gasteiger partial charge in [-0.05, 0) is 48.2 Å². The minimum atomic E-state index is -0.867. The predicted molar refractivity (Wildman–Crippen MR) is 140 cm³/mol. The minimum absolute atomic E-state index is 0.0638. The third-order valence-electron chi connectivity index (χ3n) is 6.24. The molecule has 0 spiro atoms. The van der Waals surface area contributed by atoms with Crippen LogP contribution in [0.3, 0.4) is 0 Å². The average Bonchev–Trinajstić information content (AvgIpc) is 2.90. The van der Waals surface area contributed by atoms with E-state index in [4.69, 9.17) is 24.8 Å². The lowest BCUT2D eigenvalue weighted by atomic mass is 10.0. The van der Waals surface area contributed by atoms with Crippen LogP contribution in [0, 0.1) is 5.92 Å². The van der Waals surface area contributed by atoms with Crippen LogP contribution in [0.1, 0.15) is 64.2 Å². The van der Waals surface area contributed by atoms with Gasteiger partial charge in [-0.15, -0.1) is 0 Å². The zero-order chi connectivity index (χ0) is 25.1. The van der Waals surface area contributed by atoms with Crippen molar-refractivity contribution in [1.29, 1.82) is 0 Å². The Hall–Kier alpha value is -2.12. The van der Waals surface area contributed by atoms with Crippen LogP contribution in [0.5, 0.6) is 11.5 Å². The Labute approximate surface area is 210 Å². The van der Waals surface area contributed by atoms with Gasteiger partial charge in [0.25, 0.3) is 0 Å². The molecule has 0 aromatic heterocycles. The van der Waals surface area contributed by atoms with Crippen molar-refractivity contribution in [2.75, 3.05) is 33.0 Å². The van der Waals surface area contributed by atoms with Crippen LogP contribution < -0.4 is 9.47 Å². The van der Waals surface area contributed by atoms with Gasteiger partial charge in [-0.1, -0.05) is 75.6 Å². The molecule has 0 aliphatic carbocycles. The molecule has 0 saturated carbocycles. The quantitative estimate of drug-likeness (QED) is 0.197. The monoisotopic (exact) mass is 488 g/mol. The molecule has 6 heteroatoms. The van der Waals surface area contributed by atoms with Gasteiger partial charge < -0.3 is 29.9 Å². The highest BCUT2D eigenvalue weighted by Gasteiger charge is 2.05. The molecule has 1 unspecified atom stereocenters. The molecule has 2 aromatic rings. The Morgan fingerprint density at radius 3 is 1.49 bits per heavy atom. The van der Waals surface area contributed by atoms with E-state index in [1.54, 1.807) is 0 Å². The number of rotatable bonds is 20. The lowest BCUT2D eigenvalue weighted by molar-refractivity contribution is 0.0536.